The van der Waals surface area contributed by atoms with Crippen LogP contribution in [0.25, 0.3) is 0 Å². The van der Waals surface area contributed by atoms with Crippen LogP contribution in [0.1, 0.15) is 342 Å². The van der Waals surface area contributed by atoms with Gasteiger partial charge in [0, 0.05) is 19.3 Å². The molecule has 466 valence electrons. The summed E-state index contributed by atoms with van der Waals surface area (Å²) in [4.78, 5) is 38.4. The fraction of sp³-hybridized carbons (Fsp3) is 0.747. The number of hydrogen-bond acceptors (Lipinski definition) is 6. The Labute approximate surface area is 502 Å². The Morgan fingerprint density at radius 1 is 0.259 bits per heavy atom. The van der Waals surface area contributed by atoms with Gasteiger partial charge in [-0.25, -0.2) is 0 Å². The number of carbonyl (C=O) groups is 3. The largest absolute Gasteiger partial charge is 0.462 e. The van der Waals surface area contributed by atoms with Crippen LogP contribution < -0.4 is 0 Å². The normalized spacial score (nSPS) is 12.7. The standard InChI is InChI=1S/C75H130O6/c1-4-7-10-13-16-19-22-25-27-29-31-33-35-36-37-38-39-40-41-43-44-46-48-50-53-56-59-62-65-68-74(77)80-71-72(70-79-73(76)67-64-61-58-55-52-24-21-18-15-12-9-6-3)81-75(78)69-66-63-60-57-54-51-49-47-45-42-34-32-30-28-26-23-20-17-14-11-8-5-2/h7,10,16,19,25,27,31,33,36-37,39-40,43-44,48,50,72H,4-6,8-9,11-15,17-18,20-24,26,28-30,32,34-35,38,41-42,45-47,49,51-71H2,1-3H3/b10-7-,19-16-,27-25-,33-31-,37-36-,40-39-,44-43-,50-48-. The van der Waals surface area contributed by atoms with Crippen molar-refractivity contribution in [1.29, 1.82) is 0 Å². The van der Waals surface area contributed by atoms with Gasteiger partial charge in [-0.3, -0.25) is 14.4 Å². The second kappa shape index (κ2) is 68.8. The summed E-state index contributed by atoms with van der Waals surface area (Å²) in [6, 6.07) is 0. The highest BCUT2D eigenvalue weighted by atomic mass is 16.6. The Hall–Kier alpha value is -3.67. The summed E-state index contributed by atoms with van der Waals surface area (Å²) >= 11 is 0. The minimum Gasteiger partial charge on any atom is -0.462 e. The molecule has 0 aromatic heterocycles. The molecule has 0 bridgehead atoms. The van der Waals surface area contributed by atoms with Crippen molar-refractivity contribution in [3.05, 3.63) is 97.2 Å². The molecule has 6 nitrogen and oxygen atoms in total. The highest BCUT2D eigenvalue weighted by Gasteiger charge is 2.19. The van der Waals surface area contributed by atoms with Gasteiger partial charge in [-0.1, -0.05) is 336 Å². The second-order valence-electron chi connectivity index (χ2n) is 23.1. The summed E-state index contributed by atoms with van der Waals surface area (Å²) in [6.45, 7) is 6.55. The lowest BCUT2D eigenvalue weighted by Crippen LogP contribution is -2.30. The molecule has 81 heavy (non-hydrogen) atoms. The van der Waals surface area contributed by atoms with Gasteiger partial charge in [0.15, 0.2) is 6.10 Å². The van der Waals surface area contributed by atoms with Crippen LogP contribution in [-0.4, -0.2) is 37.2 Å². The van der Waals surface area contributed by atoms with Crippen LogP contribution in [0.5, 0.6) is 0 Å². The molecule has 0 aliphatic heterocycles. The fourth-order valence-corrected chi connectivity index (χ4v) is 9.93. The Balaban J connectivity index is 4.32. The molecule has 0 rings (SSSR count). The Morgan fingerprint density at radius 2 is 0.481 bits per heavy atom. The van der Waals surface area contributed by atoms with E-state index in [1.165, 1.54) is 180 Å². The van der Waals surface area contributed by atoms with E-state index < -0.39 is 6.10 Å². The van der Waals surface area contributed by atoms with Gasteiger partial charge in [-0.2, -0.15) is 0 Å². The third kappa shape index (κ3) is 67.0. The van der Waals surface area contributed by atoms with Crippen molar-refractivity contribution < 1.29 is 28.6 Å². The lowest BCUT2D eigenvalue weighted by atomic mass is 10.0. The van der Waals surface area contributed by atoms with Crippen LogP contribution >= 0.6 is 0 Å². The number of hydrogen-bond donors (Lipinski definition) is 0. The molecular weight excluding hydrogens is 997 g/mol. The molecule has 0 saturated heterocycles. The molecule has 0 aromatic rings. The molecule has 0 aliphatic rings. The molecule has 0 N–H and O–H groups in total. The minimum atomic E-state index is -0.787. The van der Waals surface area contributed by atoms with Crippen molar-refractivity contribution in [3.63, 3.8) is 0 Å². The lowest BCUT2D eigenvalue weighted by Gasteiger charge is -2.18. The molecule has 0 amide bonds. The molecular formula is C75H130O6. The van der Waals surface area contributed by atoms with E-state index >= 15 is 0 Å². The number of unbranched alkanes of at least 4 members (excludes halogenated alkanes) is 36. The van der Waals surface area contributed by atoms with E-state index in [2.05, 4.69) is 118 Å². The van der Waals surface area contributed by atoms with Crippen molar-refractivity contribution in [2.75, 3.05) is 13.2 Å². The summed E-state index contributed by atoms with van der Waals surface area (Å²) in [7, 11) is 0. The maximum atomic E-state index is 12.9. The summed E-state index contributed by atoms with van der Waals surface area (Å²) < 4.78 is 16.9. The van der Waals surface area contributed by atoms with Gasteiger partial charge in [0.1, 0.15) is 13.2 Å². The molecule has 6 heteroatoms. The third-order valence-corrected chi connectivity index (χ3v) is 15.1. The van der Waals surface area contributed by atoms with E-state index in [1.807, 2.05) is 0 Å². The highest BCUT2D eigenvalue weighted by molar-refractivity contribution is 5.71. The topological polar surface area (TPSA) is 78.9 Å². The van der Waals surface area contributed by atoms with Gasteiger partial charge in [0.25, 0.3) is 0 Å². The van der Waals surface area contributed by atoms with Crippen LogP contribution in [0.15, 0.2) is 97.2 Å². The maximum Gasteiger partial charge on any atom is 0.306 e. The average Bonchev–Trinajstić information content (AvgIpc) is 3.47. The first-order valence-electron chi connectivity index (χ1n) is 34.7. The van der Waals surface area contributed by atoms with Gasteiger partial charge in [-0.05, 0) is 83.5 Å². The average molecular weight is 1130 g/mol. The molecule has 0 aromatic carbocycles. The van der Waals surface area contributed by atoms with Gasteiger partial charge in [0.2, 0.25) is 0 Å². The molecule has 0 saturated carbocycles. The van der Waals surface area contributed by atoms with Gasteiger partial charge < -0.3 is 14.2 Å². The van der Waals surface area contributed by atoms with E-state index in [0.29, 0.717) is 19.3 Å². The zero-order valence-electron chi connectivity index (χ0n) is 53.5. The third-order valence-electron chi connectivity index (χ3n) is 15.1. The predicted octanol–water partition coefficient (Wildman–Crippen LogP) is 24.0. The number of ether oxygens (including phenoxy) is 3. The number of allylic oxidation sites excluding steroid dienone is 16. The quantitative estimate of drug-likeness (QED) is 0.0261. The van der Waals surface area contributed by atoms with Crippen molar-refractivity contribution in [2.24, 2.45) is 0 Å². The van der Waals surface area contributed by atoms with Crippen molar-refractivity contribution >= 4 is 17.9 Å². The van der Waals surface area contributed by atoms with E-state index in [-0.39, 0.29) is 31.1 Å². The molecule has 0 spiro atoms. The van der Waals surface area contributed by atoms with Crippen molar-refractivity contribution in [1.82, 2.24) is 0 Å². The van der Waals surface area contributed by atoms with Crippen LogP contribution in [0.3, 0.4) is 0 Å². The molecule has 0 fully saturated rings. The molecule has 0 heterocycles. The van der Waals surface area contributed by atoms with Crippen molar-refractivity contribution in [2.45, 2.75) is 348 Å². The van der Waals surface area contributed by atoms with Crippen LogP contribution in [0.4, 0.5) is 0 Å². The van der Waals surface area contributed by atoms with Crippen LogP contribution in [0.2, 0.25) is 0 Å². The first-order valence-corrected chi connectivity index (χ1v) is 34.7. The zero-order valence-corrected chi connectivity index (χ0v) is 53.5. The van der Waals surface area contributed by atoms with E-state index in [9.17, 15) is 14.4 Å². The summed E-state index contributed by atoms with van der Waals surface area (Å²) in [6.07, 6.45) is 92.9. The van der Waals surface area contributed by atoms with E-state index in [1.54, 1.807) is 0 Å². The van der Waals surface area contributed by atoms with Gasteiger partial charge in [0.05, 0.1) is 0 Å². The lowest BCUT2D eigenvalue weighted by molar-refractivity contribution is -0.167. The number of carbonyl (C=O) groups excluding carboxylic acids is 3. The van der Waals surface area contributed by atoms with Gasteiger partial charge in [-0.15, -0.1) is 0 Å². The predicted molar refractivity (Wildman–Crippen MR) is 353 cm³/mol. The molecule has 1 atom stereocenters. The first-order chi connectivity index (χ1) is 40.0. The molecule has 0 aliphatic carbocycles. The summed E-state index contributed by atoms with van der Waals surface area (Å²) in [5.74, 6) is -0.890. The van der Waals surface area contributed by atoms with Gasteiger partial charge >= 0.3 is 17.9 Å². The molecule has 1 unspecified atom stereocenters. The Morgan fingerprint density at radius 3 is 0.753 bits per heavy atom. The summed E-state index contributed by atoms with van der Waals surface area (Å²) in [5.41, 5.74) is 0. The SMILES string of the molecule is CC/C=C\C/C=C\C/C=C\C/C=C\C/C=C\C/C=C\C/C=C\C/C=C\CCCCCCC(=O)OCC(COC(=O)CCCCCCCCCCCCCC)OC(=O)CCCCCCCCCCCCCCCCCCCCCCCC. The monoisotopic (exact) mass is 1130 g/mol. The fourth-order valence-electron chi connectivity index (χ4n) is 9.93. The summed E-state index contributed by atoms with van der Waals surface area (Å²) in [5, 5.41) is 0. The minimum absolute atomic E-state index is 0.0811. The highest BCUT2D eigenvalue weighted by Crippen LogP contribution is 2.18. The van der Waals surface area contributed by atoms with Crippen LogP contribution in [0, 0.1) is 0 Å². The Bertz CT molecular complexity index is 1580. The number of rotatable bonds is 63. The Kier molecular flexibility index (Phi) is 65.7. The molecule has 0 radical (unpaired) electrons. The number of esters is 3. The second-order valence-corrected chi connectivity index (χ2v) is 23.1. The zero-order chi connectivity index (χ0) is 58.5. The maximum absolute atomic E-state index is 12.9. The first kappa shape index (κ1) is 77.3. The van der Waals surface area contributed by atoms with E-state index in [4.69, 9.17) is 14.2 Å². The van der Waals surface area contributed by atoms with E-state index in [0.717, 1.165) is 122 Å². The van der Waals surface area contributed by atoms with Crippen LogP contribution in [-0.2, 0) is 28.6 Å². The van der Waals surface area contributed by atoms with Crippen molar-refractivity contribution in [3.8, 4) is 0 Å². The smallest absolute Gasteiger partial charge is 0.306 e.